The normalized spacial score (nSPS) is 20.8. The lowest BCUT2D eigenvalue weighted by atomic mass is 9.98. The smallest absolute Gasteiger partial charge is 0.251 e. The van der Waals surface area contributed by atoms with Crippen LogP contribution in [0.4, 0.5) is 5.69 Å². The Bertz CT molecular complexity index is 813. The summed E-state index contributed by atoms with van der Waals surface area (Å²) in [6, 6.07) is 15.7. The molecular weight excluding hydrogens is 312 g/mol. The molecule has 0 aliphatic carbocycles. The molecule has 2 aliphatic heterocycles. The van der Waals surface area contributed by atoms with Gasteiger partial charge < -0.3 is 0 Å². The number of rotatable bonds is 3. The molecule has 0 aromatic heterocycles. The zero-order valence-corrected chi connectivity index (χ0v) is 14.4. The summed E-state index contributed by atoms with van der Waals surface area (Å²) >= 11 is 0. The van der Waals surface area contributed by atoms with Gasteiger partial charge in [0.1, 0.15) is 0 Å². The third-order valence-electron chi connectivity index (χ3n) is 5.33. The van der Waals surface area contributed by atoms with Gasteiger partial charge in [0.15, 0.2) is 0 Å². The monoisotopic (exact) mass is 334 g/mol. The van der Waals surface area contributed by atoms with Crippen LogP contribution in [0.25, 0.3) is 0 Å². The molecule has 0 saturated carbocycles. The predicted molar refractivity (Wildman–Crippen MR) is 97.3 cm³/mol. The van der Waals surface area contributed by atoms with Gasteiger partial charge in [0.25, 0.3) is 5.91 Å². The van der Waals surface area contributed by atoms with Crippen molar-refractivity contribution < 1.29 is 9.59 Å². The molecule has 1 saturated heterocycles. The number of amides is 2. The zero-order chi connectivity index (χ0) is 17.4. The fraction of sp³-hybridized carbons (Fsp3) is 0.333. The van der Waals surface area contributed by atoms with Gasteiger partial charge in [-0.1, -0.05) is 43.3 Å². The first-order valence-corrected chi connectivity index (χ1v) is 8.94. The maximum atomic E-state index is 12.9. The van der Waals surface area contributed by atoms with Gasteiger partial charge in [-0.25, -0.2) is 4.90 Å². The molecule has 0 N–H and O–H groups in total. The van der Waals surface area contributed by atoms with Gasteiger partial charge in [-0.15, -0.1) is 0 Å². The van der Waals surface area contributed by atoms with E-state index in [0.717, 1.165) is 25.9 Å². The van der Waals surface area contributed by atoms with Crippen LogP contribution in [0.15, 0.2) is 48.5 Å². The van der Waals surface area contributed by atoms with Gasteiger partial charge in [0.05, 0.1) is 18.2 Å². The third kappa shape index (κ3) is 2.87. The summed E-state index contributed by atoms with van der Waals surface area (Å²) in [5.41, 5.74) is 4.50. The minimum Gasteiger partial charge on any atom is -0.287 e. The summed E-state index contributed by atoms with van der Waals surface area (Å²) in [6.07, 6.45) is 2.15. The van der Waals surface area contributed by atoms with E-state index in [-0.39, 0.29) is 24.3 Å². The number of carbonyl (C=O) groups is 2. The van der Waals surface area contributed by atoms with Gasteiger partial charge in [0.2, 0.25) is 5.91 Å². The molecule has 4 nitrogen and oxygen atoms in total. The van der Waals surface area contributed by atoms with Crippen molar-refractivity contribution in [1.82, 2.24) is 4.90 Å². The van der Waals surface area contributed by atoms with E-state index in [9.17, 15) is 9.59 Å². The van der Waals surface area contributed by atoms with Crippen molar-refractivity contribution in [2.45, 2.75) is 38.8 Å². The summed E-state index contributed by atoms with van der Waals surface area (Å²) in [5, 5.41) is 0. The van der Waals surface area contributed by atoms with Gasteiger partial charge >= 0.3 is 0 Å². The zero-order valence-electron chi connectivity index (χ0n) is 14.4. The molecule has 4 heteroatoms. The molecule has 2 amide bonds. The second-order valence-electron chi connectivity index (χ2n) is 6.80. The van der Waals surface area contributed by atoms with Gasteiger partial charge in [-0.2, -0.15) is 0 Å². The largest absolute Gasteiger partial charge is 0.287 e. The minimum atomic E-state index is -0.341. The number of anilines is 1. The molecule has 2 heterocycles. The number of nitrogens with zero attached hydrogens (tertiary/aromatic N) is 2. The molecule has 2 aromatic carbocycles. The Morgan fingerprint density at radius 2 is 1.72 bits per heavy atom. The molecular formula is C21H22N2O2. The van der Waals surface area contributed by atoms with Gasteiger partial charge in [-0.3, -0.25) is 14.5 Å². The van der Waals surface area contributed by atoms with Crippen molar-refractivity contribution in [3.63, 3.8) is 0 Å². The summed E-state index contributed by atoms with van der Waals surface area (Å²) < 4.78 is 0. The van der Waals surface area contributed by atoms with E-state index in [1.165, 1.54) is 21.6 Å². The fourth-order valence-corrected chi connectivity index (χ4v) is 3.84. The third-order valence-corrected chi connectivity index (χ3v) is 5.33. The Balaban J connectivity index is 1.55. The molecule has 0 bridgehead atoms. The molecule has 1 fully saturated rings. The number of aryl methyl sites for hydroxylation is 1. The Hall–Kier alpha value is -2.46. The quantitative estimate of drug-likeness (QED) is 0.811. The number of fused-ring (bicyclic) bond motifs is 1. The Morgan fingerprint density at radius 1 is 1.00 bits per heavy atom. The van der Waals surface area contributed by atoms with Gasteiger partial charge in [0, 0.05) is 13.1 Å². The average molecular weight is 334 g/mol. The second-order valence-corrected chi connectivity index (χ2v) is 6.80. The molecule has 128 valence electrons. The first-order chi connectivity index (χ1) is 12.2. The summed E-state index contributed by atoms with van der Waals surface area (Å²) in [7, 11) is 0. The van der Waals surface area contributed by atoms with Crippen LogP contribution >= 0.6 is 0 Å². The molecule has 1 atom stereocenters. The van der Waals surface area contributed by atoms with Crippen LogP contribution < -0.4 is 4.90 Å². The second kappa shape index (κ2) is 6.45. The average Bonchev–Trinajstić information content (AvgIpc) is 2.96. The maximum Gasteiger partial charge on any atom is 0.251 e. The summed E-state index contributed by atoms with van der Waals surface area (Å²) in [4.78, 5) is 29.0. The van der Waals surface area contributed by atoms with E-state index in [0.29, 0.717) is 5.69 Å². The van der Waals surface area contributed by atoms with Gasteiger partial charge in [-0.05, 0) is 41.7 Å². The SMILES string of the molecule is CCc1ccc(N2C(=O)CC(N3CCc4ccccc4C3)C2=O)cc1. The Morgan fingerprint density at radius 3 is 2.44 bits per heavy atom. The Labute approximate surface area is 148 Å². The minimum absolute atomic E-state index is 0.0892. The Kier molecular flexibility index (Phi) is 4.14. The standard InChI is InChI=1S/C21H22N2O2/c1-2-15-7-9-18(10-8-15)23-20(24)13-19(21(23)25)22-12-11-16-5-3-4-6-17(16)14-22/h3-10,19H,2,11-14H2,1H3. The van der Waals surface area contributed by atoms with Crippen molar-refractivity contribution in [3.8, 4) is 0 Å². The molecule has 2 aliphatic rings. The van der Waals surface area contributed by atoms with Crippen molar-refractivity contribution in [2.24, 2.45) is 0 Å². The first kappa shape index (κ1) is 16.0. The van der Waals surface area contributed by atoms with Crippen LogP contribution in [0.2, 0.25) is 0 Å². The van der Waals surface area contributed by atoms with Crippen LogP contribution in [0.3, 0.4) is 0 Å². The van der Waals surface area contributed by atoms with E-state index >= 15 is 0 Å². The van der Waals surface area contributed by atoms with E-state index in [2.05, 4.69) is 30.0 Å². The summed E-state index contributed by atoms with van der Waals surface area (Å²) in [5.74, 6) is -0.188. The highest BCUT2D eigenvalue weighted by Crippen LogP contribution is 2.29. The highest BCUT2D eigenvalue weighted by molar-refractivity contribution is 6.22. The topological polar surface area (TPSA) is 40.6 Å². The number of benzene rings is 2. The van der Waals surface area contributed by atoms with Crippen LogP contribution in [-0.4, -0.2) is 29.3 Å². The van der Waals surface area contributed by atoms with Crippen molar-refractivity contribution in [1.29, 1.82) is 0 Å². The van der Waals surface area contributed by atoms with Crippen molar-refractivity contribution in [2.75, 3.05) is 11.4 Å². The number of imide groups is 1. The highest BCUT2D eigenvalue weighted by atomic mass is 16.2. The lowest BCUT2D eigenvalue weighted by Gasteiger charge is -2.32. The van der Waals surface area contributed by atoms with E-state index in [4.69, 9.17) is 0 Å². The molecule has 25 heavy (non-hydrogen) atoms. The predicted octanol–water partition coefficient (Wildman–Crippen LogP) is 2.94. The number of hydrogen-bond donors (Lipinski definition) is 0. The lowest BCUT2D eigenvalue weighted by molar-refractivity contribution is -0.123. The number of carbonyl (C=O) groups excluding carboxylic acids is 2. The van der Waals surface area contributed by atoms with E-state index in [1.807, 2.05) is 30.3 Å². The first-order valence-electron chi connectivity index (χ1n) is 8.94. The fourth-order valence-electron chi connectivity index (χ4n) is 3.84. The molecule has 0 radical (unpaired) electrons. The van der Waals surface area contributed by atoms with Crippen LogP contribution in [0.1, 0.15) is 30.0 Å². The van der Waals surface area contributed by atoms with Crippen LogP contribution in [-0.2, 0) is 29.0 Å². The molecule has 4 rings (SSSR count). The lowest BCUT2D eigenvalue weighted by Crippen LogP contribution is -2.44. The highest BCUT2D eigenvalue weighted by Gasteiger charge is 2.43. The van der Waals surface area contributed by atoms with Crippen molar-refractivity contribution in [3.05, 3.63) is 65.2 Å². The maximum absolute atomic E-state index is 12.9. The molecule has 0 spiro atoms. The van der Waals surface area contributed by atoms with Crippen LogP contribution in [0.5, 0.6) is 0 Å². The van der Waals surface area contributed by atoms with E-state index < -0.39 is 0 Å². The van der Waals surface area contributed by atoms with Crippen LogP contribution in [0, 0.1) is 0 Å². The number of hydrogen-bond acceptors (Lipinski definition) is 3. The van der Waals surface area contributed by atoms with E-state index in [1.54, 1.807) is 0 Å². The summed E-state index contributed by atoms with van der Waals surface area (Å²) in [6.45, 7) is 3.65. The molecule has 1 unspecified atom stereocenters. The molecule has 2 aromatic rings. The van der Waals surface area contributed by atoms with Crippen molar-refractivity contribution >= 4 is 17.5 Å².